The minimum Gasteiger partial charge on any atom is -0.396 e. The highest BCUT2D eigenvalue weighted by atomic mass is 16.3. The SMILES string of the molecule is Cc1nn(C)cc1C(C)NC(C)C(C)CO. The first-order valence-corrected chi connectivity index (χ1v) is 5.82. The van der Waals surface area contributed by atoms with Crippen LogP contribution in [-0.2, 0) is 7.05 Å². The zero-order chi connectivity index (χ0) is 12.3. The molecular weight excluding hydrogens is 202 g/mol. The van der Waals surface area contributed by atoms with E-state index >= 15 is 0 Å². The first-order chi connectivity index (χ1) is 7.45. The lowest BCUT2D eigenvalue weighted by molar-refractivity contribution is 0.202. The summed E-state index contributed by atoms with van der Waals surface area (Å²) in [6.45, 7) is 8.51. The van der Waals surface area contributed by atoms with Gasteiger partial charge < -0.3 is 10.4 Å². The van der Waals surface area contributed by atoms with Crippen molar-refractivity contribution in [3.8, 4) is 0 Å². The summed E-state index contributed by atoms with van der Waals surface area (Å²) in [5.41, 5.74) is 2.28. The van der Waals surface area contributed by atoms with E-state index in [1.54, 1.807) is 0 Å². The molecule has 4 nitrogen and oxygen atoms in total. The minimum absolute atomic E-state index is 0.215. The van der Waals surface area contributed by atoms with Crippen LogP contribution in [0.3, 0.4) is 0 Å². The lowest BCUT2D eigenvalue weighted by Gasteiger charge is -2.23. The van der Waals surface area contributed by atoms with E-state index in [1.807, 2.05) is 31.8 Å². The van der Waals surface area contributed by atoms with Gasteiger partial charge in [0.05, 0.1) is 5.69 Å². The maximum atomic E-state index is 9.09. The Labute approximate surface area is 97.7 Å². The van der Waals surface area contributed by atoms with Gasteiger partial charge in [0, 0.05) is 37.5 Å². The Morgan fingerprint density at radius 1 is 1.44 bits per heavy atom. The van der Waals surface area contributed by atoms with Gasteiger partial charge >= 0.3 is 0 Å². The minimum atomic E-state index is 0.215. The standard InChI is InChI=1S/C12H23N3O/c1-8(7-16)9(2)13-10(3)12-6-15(5)14-11(12)4/h6,8-10,13,16H,7H2,1-5H3. The van der Waals surface area contributed by atoms with E-state index in [2.05, 4.69) is 24.3 Å². The Balaban J connectivity index is 2.65. The van der Waals surface area contributed by atoms with Gasteiger partial charge in [0.1, 0.15) is 0 Å². The van der Waals surface area contributed by atoms with Gasteiger partial charge in [-0.05, 0) is 26.7 Å². The monoisotopic (exact) mass is 225 g/mol. The van der Waals surface area contributed by atoms with E-state index in [1.165, 1.54) is 5.56 Å². The largest absolute Gasteiger partial charge is 0.396 e. The predicted molar refractivity (Wildman–Crippen MR) is 65.2 cm³/mol. The Hall–Kier alpha value is -0.870. The highest BCUT2D eigenvalue weighted by Gasteiger charge is 2.17. The molecule has 0 fully saturated rings. The number of nitrogens with one attached hydrogen (secondary N) is 1. The third kappa shape index (κ3) is 3.06. The second kappa shape index (κ2) is 5.46. The van der Waals surface area contributed by atoms with Crippen molar-refractivity contribution < 1.29 is 5.11 Å². The van der Waals surface area contributed by atoms with Crippen molar-refractivity contribution >= 4 is 0 Å². The maximum Gasteiger partial charge on any atom is 0.0641 e. The summed E-state index contributed by atoms with van der Waals surface area (Å²) in [6, 6.07) is 0.553. The summed E-state index contributed by atoms with van der Waals surface area (Å²) >= 11 is 0. The number of aryl methyl sites for hydroxylation is 2. The molecule has 0 saturated heterocycles. The Bertz CT molecular complexity index is 335. The molecule has 3 unspecified atom stereocenters. The molecule has 16 heavy (non-hydrogen) atoms. The zero-order valence-electron chi connectivity index (χ0n) is 10.9. The summed E-state index contributed by atoms with van der Waals surface area (Å²) in [6.07, 6.45) is 2.04. The van der Waals surface area contributed by atoms with Gasteiger partial charge in [0.25, 0.3) is 0 Å². The molecule has 0 aliphatic carbocycles. The lowest BCUT2D eigenvalue weighted by Crippen LogP contribution is -2.35. The zero-order valence-corrected chi connectivity index (χ0v) is 10.9. The maximum absolute atomic E-state index is 9.09. The molecule has 92 valence electrons. The van der Waals surface area contributed by atoms with Crippen molar-refractivity contribution in [3.05, 3.63) is 17.5 Å². The molecule has 1 aromatic rings. The Kier molecular flexibility index (Phi) is 4.50. The molecule has 1 aromatic heterocycles. The van der Waals surface area contributed by atoms with E-state index < -0.39 is 0 Å². The molecular formula is C12H23N3O. The topological polar surface area (TPSA) is 50.1 Å². The molecule has 0 bridgehead atoms. The van der Waals surface area contributed by atoms with Crippen LogP contribution in [0.25, 0.3) is 0 Å². The van der Waals surface area contributed by atoms with Crippen LogP contribution in [-0.4, -0.2) is 27.5 Å². The first kappa shape index (κ1) is 13.2. The molecule has 4 heteroatoms. The Morgan fingerprint density at radius 3 is 2.50 bits per heavy atom. The van der Waals surface area contributed by atoms with E-state index in [9.17, 15) is 0 Å². The van der Waals surface area contributed by atoms with Gasteiger partial charge in [-0.3, -0.25) is 4.68 Å². The number of aliphatic hydroxyl groups is 1. The average Bonchev–Trinajstić information content (AvgIpc) is 2.56. The first-order valence-electron chi connectivity index (χ1n) is 5.82. The van der Waals surface area contributed by atoms with Crippen molar-refractivity contribution in [3.63, 3.8) is 0 Å². The van der Waals surface area contributed by atoms with Crippen LogP contribution in [0.5, 0.6) is 0 Å². The van der Waals surface area contributed by atoms with Crippen LogP contribution in [0.4, 0.5) is 0 Å². The molecule has 0 aliphatic rings. The number of nitrogens with zero attached hydrogens (tertiary/aromatic N) is 2. The van der Waals surface area contributed by atoms with Crippen LogP contribution in [0.1, 0.15) is 38.1 Å². The fourth-order valence-electron chi connectivity index (χ4n) is 1.85. The lowest BCUT2D eigenvalue weighted by atomic mass is 10.0. The molecule has 1 rings (SSSR count). The van der Waals surface area contributed by atoms with Crippen LogP contribution in [0, 0.1) is 12.8 Å². The van der Waals surface area contributed by atoms with E-state index in [0.717, 1.165) is 5.69 Å². The van der Waals surface area contributed by atoms with Gasteiger partial charge in [0.15, 0.2) is 0 Å². The molecule has 0 aliphatic heterocycles. The fraction of sp³-hybridized carbons (Fsp3) is 0.750. The highest BCUT2D eigenvalue weighted by Crippen LogP contribution is 2.17. The second-order valence-electron chi connectivity index (χ2n) is 4.68. The quantitative estimate of drug-likeness (QED) is 0.796. The molecule has 0 spiro atoms. The molecule has 3 atom stereocenters. The van der Waals surface area contributed by atoms with Crippen molar-refractivity contribution in [2.24, 2.45) is 13.0 Å². The van der Waals surface area contributed by atoms with Crippen LogP contribution >= 0.6 is 0 Å². The summed E-state index contributed by atoms with van der Waals surface area (Å²) in [5.74, 6) is 0.263. The number of rotatable bonds is 5. The number of hydrogen-bond donors (Lipinski definition) is 2. The molecule has 0 amide bonds. The van der Waals surface area contributed by atoms with Crippen LogP contribution in [0.15, 0.2) is 6.20 Å². The normalized spacial score (nSPS) is 17.1. The van der Waals surface area contributed by atoms with Gasteiger partial charge in [-0.2, -0.15) is 5.10 Å². The summed E-state index contributed by atoms with van der Waals surface area (Å²) in [5, 5.41) is 16.9. The van der Waals surface area contributed by atoms with Gasteiger partial charge in [-0.15, -0.1) is 0 Å². The fourth-order valence-corrected chi connectivity index (χ4v) is 1.85. The summed E-state index contributed by atoms with van der Waals surface area (Å²) in [4.78, 5) is 0. The molecule has 1 heterocycles. The smallest absolute Gasteiger partial charge is 0.0641 e. The van der Waals surface area contributed by atoms with Gasteiger partial charge in [-0.25, -0.2) is 0 Å². The van der Waals surface area contributed by atoms with Crippen molar-refractivity contribution in [2.45, 2.75) is 39.8 Å². The van der Waals surface area contributed by atoms with Crippen LogP contribution < -0.4 is 5.32 Å². The van der Waals surface area contributed by atoms with E-state index in [4.69, 9.17) is 5.11 Å². The van der Waals surface area contributed by atoms with Crippen LogP contribution in [0.2, 0.25) is 0 Å². The highest BCUT2D eigenvalue weighted by molar-refractivity contribution is 5.19. The van der Waals surface area contributed by atoms with Gasteiger partial charge in [0.2, 0.25) is 0 Å². The van der Waals surface area contributed by atoms with Crippen molar-refractivity contribution in [1.82, 2.24) is 15.1 Å². The van der Waals surface area contributed by atoms with Crippen molar-refractivity contribution in [2.75, 3.05) is 6.61 Å². The number of aromatic nitrogens is 2. The van der Waals surface area contributed by atoms with Crippen molar-refractivity contribution in [1.29, 1.82) is 0 Å². The summed E-state index contributed by atoms with van der Waals surface area (Å²) < 4.78 is 1.84. The predicted octanol–water partition coefficient (Wildman–Crippen LogP) is 1.40. The van der Waals surface area contributed by atoms with E-state index in [0.29, 0.717) is 6.04 Å². The Morgan fingerprint density at radius 2 is 2.06 bits per heavy atom. The molecule has 0 aromatic carbocycles. The number of hydrogen-bond acceptors (Lipinski definition) is 3. The second-order valence-corrected chi connectivity index (χ2v) is 4.68. The third-order valence-corrected chi connectivity index (χ3v) is 3.17. The summed E-state index contributed by atoms with van der Waals surface area (Å²) in [7, 11) is 1.93. The van der Waals surface area contributed by atoms with Gasteiger partial charge in [-0.1, -0.05) is 6.92 Å². The number of aliphatic hydroxyl groups excluding tert-OH is 1. The molecule has 2 N–H and O–H groups in total. The molecule has 0 saturated carbocycles. The molecule has 0 radical (unpaired) electrons. The average molecular weight is 225 g/mol. The van der Waals surface area contributed by atoms with E-state index in [-0.39, 0.29) is 18.6 Å². The third-order valence-electron chi connectivity index (χ3n) is 3.17.